The Labute approximate surface area is 91.9 Å². The Balaban J connectivity index is 1.88. The lowest BCUT2D eigenvalue weighted by Crippen LogP contribution is -2.07. The van der Waals surface area contributed by atoms with E-state index in [2.05, 4.69) is 31.0 Å². The molecule has 80 valence electrons. The van der Waals surface area contributed by atoms with Crippen LogP contribution in [-0.2, 0) is 6.42 Å². The maximum Gasteiger partial charge on any atom is 0.213 e. The van der Waals surface area contributed by atoms with Crippen LogP contribution in [0.3, 0.4) is 0 Å². The predicted octanol–water partition coefficient (Wildman–Crippen LogP) is 0.991. The zero-order chi connectivity index (χ0) is 11.2. The van der Waals surface area contributed by atoms with E-state index in [0.717, 1.165) is 0 Å². The first-order chi connectivity index (χ1) is 7.88. The first-order valence-electron chi connectivity index (χ1n) is 4.74. The number of nitrogens with one attached hydrogen (secondary N) is 1. The smallest absolute Gasteiger partial charge is 0.213 e. The van der Waals surface area contributed by atoms with Gasteiger partial charge in [0.05, 0.1) is 11.6 Å². The van der Waals surface area contributed by atoms with Crippen LogP contribution in [0.25, 0.3) is 0 Å². The number of aromatic nitrogens is 3. The Morgan fingerprint density at radius 3 is 3.12 bits per heavy atom. The highest BCUT2D eigenvalue weighted by Gasteiger charge is 1.99. The second-order valence-corrected chi connectivity index (χ2v) is 3.07. The molecule has 2 aromatic heterocycles. The number of anilines is 1. The second-order valence-electron chi connectivity index (χ2n) is 3.07. The van der Waals surface area contributed by atoms with E-state index in [9.17, 15) is 0 Å². The van der Waals surface area contributed by atoms with Gasteiger partial charge >= 0.3 is 0 Å². The molecule has 0 atom stereocenters. The van der Waals surface area contributed by atoms with Crippen molar-refractivity contribution >= 4 is 5.82 Å². The normalized spacial score (nSPS) is 9.69. The van der Waals surface area contributed by atoms with Crippen LogP contribution in [0, 0.1) is 11.3 Å². The van der Waals surface area contributed by atoms with E-state index >= 15 is 0 Å². The van der Waals surface area contributed by atoms with Crippen LogP contribution in [-0.4, -0.2) is 21.7 Å². The van der Waals surface area contributed by atoms with Crippen LogP contribution in [0.15, 0.2) is 29.2 Å². The van der Waals surface area contributed by atoms with E-state index in [0.29, 0.717) is 30.2 Å². The minimum Gasteiger partial charge on any atom is -0.370 e. The fourth-order valence-electron chi connectivity index (χ4n) is 1.20. The fraction of sp³-hybridized carbons (Fsp3) is 0.200. The maximum atomic E-state index is 8.70. The van der Waals surface area contributed by atoms with Crippen LogP contribution in [0.4, 0.5) is 5.82 Å². The van der Waals surface area contributed by atoms with Crippen molar-refractivity contribution in [2.75, 3.05) is 11.9 Å². The Morgan fingerprint density at radius 1 is 1.44 bits per heavy atom. The molecule has 0 bridgehead atoms. The third-order valence-corrected chi connectivity index (χ3v) is 1.95. The van der Waals surface area contributed by atoms with Gasteiger partial charge in [0.15, 0.2) is 5.82 Å². The molecule has 0 aliphatic carbocycles. The molecule has 1 N–H and O–H groups in total. The van der Waals surface area contributed by atoms with Gasteiger partial charge in [-0.05, 0) is 12.1 Å². The molecule has 0 aromatic carbocycles. The Morgan fingerprint density at radius 2 is 2.38 bits per heavy atom. The number of pyridine rings is 1. The summed E-state index contributed by atoms with van der Waals surface area (Å²) in [5.41, 5.74) is 0.581. The van der Waals surface area contributed by atoms with Crippen molar-refractivity contribution in [3.63, 3.8) is 0 Å². The number of hydrogen-bond acceptors (Lipinski definition) is 6. The zero-order valence-electron chi connectivity index (χ0n) is 8.42. The third-order valence-electron chi connectivity index (χ3n) is 1.95. The summed E-state index contributed by atoms with van der Waals surface area (Å²) in [4.78, 5) is 7.97. The van der Waals surface area contributed by atoms with Crippen LogP contribution in [0.5, 0.6) is 0 Å². The van der Waals surface area contributed by atoms with Gasteiger partial charge in [-0.2, -0.15) is 10.2 Å². The van der Waals surface area contributed by atoms with E-state index in [1.54, 1.807) is 18.3 Å². The lowest BCUT2D eigenvalue weighted by atomic mass is 10.3. The topological polar surface area (TPSA) is 87.6 Å². The van der Waals surface area contributed by atoms with Crippen molar-refractivity contribution in [2.45, 2.75) is 6.42 Å². The summed E-state index contributed by atoms with van der Waals surface area (Å²) in [6.45, 7) is 0.640. The van der Waals surface area contributed by atoms with Crippen molar-refractivity contribution in [3.05, 3.63) is 36.1 Å². The van der Waals surface area contributed by atoms with Crippen molar-refractivity contribution in [1.82, 2.24) is 15.1 Å². The number of hydrogen-bond donors (Lipinski definition) is 1. The van der Waals surface area contributed by atoms with Crippen LogP contribution < -0.4 is 5.32 Å². The number of nitrogens with zero attached hydrogens (tertiary/aromatic N) is 4. The summed E-state index contributed by atoms with van der Waals surface area (Å²) >= 11 is 0. The Hall–Kier alpha value is -2.42. The highest BCUT2D eigenvalue weighted by Crippen LogP contribution is 2.05. The highest BCUT2D eigenvalue weighted by atomic mass is 16.5. The van der Waals surface area contributed by atoms with Gasteiger partial charge in [0.1, 0.15) is 5.82 Å². The van der Waals surface area contributed by atoms with E-state index < -0.39 is 0 Å². The molecule has 0 aliphatic rings. The summed E-state index contributed by atoms with van der Waals surface area (Å²) in [6, 6.07) is 5.40. The summed E-state index contributed by atoms with van der Waals surface area (Å²) in [6.07, 6.45) is 3.54. The minimum atomic E-state index is 0.581. The van der Waals surface area contributed by atoms with Crippen molar-refractivity contribution in [3.8, 4) is 6.07 Å². The minimum absolute atomic E-state index is 0.581. The average Bonchev–Trinajstić information content (AvgIpc) is 2.82. The number of nitriles is 1. The molecule has 0 spiro atoms. The third kappa shape index (κ3) is 2.54. The summed E-state index contributed by atoms with van der Waals surface area (Å²) in [5.74, 6) is 1.31. The molecule has 2 heterocycles. The second kappa shape index (κ2) is 4.89. The molecule has 0 saturated carbocycles. The molecule has 16 heavy (non-hydrogen) atoms. The monoisotopic (exact) mass is 215 g/mol. The van der Waals surface area contributed by atoms with Gasteiger partial charge in [0, 0.05) is 19.2 Å². The Kier molecular flexibility index (Phi) is 3.09. The van der Waals surface area contributed by atoms with Crippen molar-refractivity contribution < 1.29 is 4.52 Å². The molecular formula is C10H9N5O. The van der Waals surface area contributed by atoms with E-state index in [1.807, 2.05) is 0 Å². The molecule has 2 aromatic rings. The van der Waals surface area contributed by atoms with Crippen LogP contribution in [0.1, 0.15) is 11.4 Å². The molecule has 0 amide bonds. The number of rotatable bonds is 4. The standard InChI is InChI=1S/C10H9N5O/c11-6-8-1-3-12-10(5-8)13-4-2-9-14-7-16-15-9/h1,3,5,7H,2,4H2,(H,12,13). The highest BCUT2D eigenvalue weighted by molar-refractivity contribution is 5.42. The van der Waals surface area contributed by atoms with Crippen molar-refractivity contribution in [2.24, 2.45) is 0 Å². The van der Waals surface area contributed by atoms with E-state index in [-0.39, 0.29) is 0 Å². The lowest BCUT2D eigenvalue weighted by molar-refractivity contribution is 0.410. The summed E-state index contributed by atoms with van der Waals surface area (Å²) < 4.78 is 4.61. The van der Waals surface area contributed by atoms with Crippen LogP contribution >= 0.6 is 0 Å². The van der Waals surface area contributed by atoms with Gasteiger partial charge in [-0.3, -0.25) is 0 Å². The first-order valence-corrected chi connectivity index (χ1v) is 4.74. The average molecular weight is 215 g/mol. The Bertz CT molecular complexity index is 488. The van der Waals surface area contributed by atoms with Gasteiger partial charge < -0.3 is 9.84 Å². The first kappa shape index (κ1) is 10.1. The largest absolute Gasteiger partial charge is 0.370 e. The van der Waals surface area contributed by atoms with E-state index in [4.69, 9.17) is 5.26 Å². The zero-order valence-corrected chi connectivity index (χ0v) is 8.42. The summed E-state index contributed by atoms with van der Waals surface area (Å²) in [5, 5.41) is 15.5. The van der Waals surface area contributed by atoms with Gasteiger partial charge in [-0.25, -0.2) is 4.98 Å². The predicted molar refractivity (Wildman–Crippen MR) is 55.4 cm³/mol. The molecule has 6 nitrogen and oxygen atoms in total. The van der Waals surface area contributed by atoms with Gasteiger partial charge in [0.2, 0.25) is 6.39 Å². The fourth-order valence-corrected chi connectivity index (χ4v) is 1.20. The molecule has 0 unspecified atom stereocenters. The van der Waals surface area contributed by atoms with Crippen LogP contribution in [0.2, 0.25) is 0 Å². The van der Waals surface area contributed by atoms with E-state index in [1.165, 1.54) is 6.39 Å². The van der Waals surface area contributed by atoms with Gasteiger partial charge in [-0.1, -0.05) is 5.16 Å². The van der Waals surface area contributed by atoms with Gasteiger partial charge in [-0.15, -0.1) is 0 Å². The quantitative estimate of drug-likeness (QED) is 0.818. The SMILES string of the molecule is N#Cc1ccnc(NCCc2ncon2)c1. The molecule has 0 aliphatic heterocycles. The maximum absolute atomic E-state index is 8.70. The molecular weight excluding hydrogens is 206 g/mol. The van der Waals surface area contributed by atoms with Gasteiger partial charge in [0.25, 0.3) is 0 Å². The molecule has 0 radical (unpaired) electrons. The van der Waals surface area contributed by atoms with Crippen molar-refractivity contribution in [1.29, 1.82) is 5.26 Å². The molecule has 6 heteroatoms. The lowest BCUT2D eigenvalue weighted by Gasteiger charge is -2.02. The molecule has 0 fully saturated rings. The molecule has 0 saturated heterocycles. The summed E-state index contributed by atoms with van der Waals surface area (Å²) in [7, 11) is 0. The molecule has 2 rings (SSSR count).